The summed E-state index contributed by atoms with van der Waals surface area (Å²) in [7, 11) is 0. The summed E-state index contributed by atoms with van der Waals surface area (Å²) in [5.41, 5.74) is 1.10. The van der Waals surface area contributed by atoms with Crippen molar-refractivity contribution in [3.8, 4) is 0 Å². The van der Waals surface area contributed by atoms with Crippen molar-refractivity contribution in [1.82, 2.24) is 0 Å². The molecule has 0 aliphatic rings. The van der Waals surface area contributed by atoms with Gasteiger partial charge in [0.1, 0.15) is 5.82 Å². The third-order valence-electron chi connectivity index (χ3n) is 2.64. The van der Waals surface area contributed by atoms with E-state index in [4.69, 9.17) is 5.11 Å². The second-order valence-electron chi connectivity index (χ2n) is 3.85. The molecule has 2 N–H and O–H groups in total. The van der Waals surface area contributed by atoms with Gasteiger partial charge in [-0.3, -0.25) is 0 Å². The van der Waals surface area contributed by atoms with Crippen molar-refractivity contribution in [3.63, 3.8) is 0 Å². The third-order valence-corrected chi connectivity index (χ3v) is 3.66. The SMILES string of the molecule is Cc1ccsc1CNc1c(F)cccc1C(=O)O. The van der Waals surface area contributed by atoms with Crippen molar-refractivity contribution in [1.29, 1.82) is 0 Å². The predicted molar refractivity (Wildman–Crippen MR) is 69.7 cm³/mol. The second-order valence-corrected chi connectivity index (χ2v) is 4.85. The highest BCUT2D eigenvalue weighted by atomic mass is 32.1. The van der Waals surface area contributed by atoms with Gasteiger partial charge in [-0.25, -0.2) is 9.18 Å². The van der Waals surface area contributed by atoms with Crippen molar-refractivity contribution in [3.05, 3.63) is 51.5 Å². The van der Waals surface area contributed by atoms with Gasteiger partial charge in [-0.05, 0) is 36.1 Å². The number of aryl methyl sites for hydroxylation is 1. The fraction of sp³-hybridized carbons (Fsp3) is 0.154. The molecule has 0 radical (unpaired) electrons. The molecule has 0 unspecified atom stereocenters. The van der Waals surface area contributed by atoms with E-state index in [9.17, 15) is 9.18 Å². The van der Waals surface area contributed by atoms with Gasteiger partial charge in [0.25, 0.3) is 0 Å². The Morgan fingerprint density at radius 1 is 1.44 bits per heavy atom. The number of benzene rings is 1. The molecule has 0 fully saturated rings. The lowest BCUT2D eigenvalue weighted by atomic mass is 10.1. The van der Waals surface area contributed by atoms with E-state index < -0.39 is 11.8 Å². The number of aromatic carboxylic acids is 1. The molecule has 0 atom stereocenters. The van der Waals surface area contributed by atoms with E-state index in [1.807, 2.05) is 18.4 Å². The van der Waals surface area contributed by atoms with Crippen molar-refractivity contribution in [2.24, 2.45) is 0 Å². The van der Waals surface area contributed by atoms with Gasteiger partial charge in [-0.2, -0.15) is 0 Å². The average Bonchev–Trinajstić information content (AvgIpc) is 2.73. The van der Waals surface area contributed by atoms with Gasteiger partial charge in [0.05, 0.1) is 11.3 Å². The van der Waals surface area contributed by atoms with Crippen molar-refractivity contribution in [2.75, 3.05) is 5.32 Å². The predicted octanol–water partition coefficient (Wildman–Crippen LogP) is 3.51. The molecule has 5 heteroatoms. The molecule has 0 amide bonds. The van der Waals surface area contributed by atoms with Crippen LogP contribution >= 0.6 is 11.3 Å². The first-order valence-electron chi connectivity index (χ1n) is 5.38. The Morgan fingerprint density at radius 3 is 2.83 bits per heavy atom. The lowest BCUT2D eigenvalue weighted by molar-refractivity contribution is 0.0697. The smallest absolute Gasteiger partial charge is 0.337 e. The first-order chi connectivity index (χ1) is 8.59. The van der Waals surface area contributed by atoms with E-state index in [2.05, 4.69) is 5.32 Å². The van der Waals surface area contributed by atoms with Gasteiger partial charge >= 0.3 is 5.97 Å². The van der Waals surface area contributed by atoms with Crippen LogP contribution in [-0.2, 0) is 6.54 Å². The number of nitrogens with one attached hydrogen (secondary N) is 1. The zero-order valence-electron chi connectivity index (χ0n) is 9.74. The van der Waals surface area contributed by atoms with E-state index >= 15 is 0 Å². The molecule has 94 valence electrons. The first-order valence-corrected chi connectivity index (χ1v) is 6.26. The molecule has 3 nitrogen and oxygen atoms in total. The molecule has 0 bridgehead atoms. The van der Waals surface area contributed by atoms with E-state index in [1.165, 1.54) is 18.2 Å². The Labute approximate surface area is 108 Å². The number of hydrogen-bond acceptors (Lipinski definition) is 3. The number of para-hydroxylation sites is 1. The number of halogens is 1. The molecule has 18 heavy (non-hydrogen) atoms. The molecule has 0 saturated carbocycles. The number of carboxylic acids is 1. The van der Waals surface area contributed by atoms with Crippen LogP contribution in [-0.4, -0.2) is 11.1 Å². The lowest BCUT2D eigenvalue weighted by Gasteiger charge is -2.10. The molecule has 2 aromatic rings. The topological polar surface area (TPSA) is 49.3 Å². The number of carboxylic acid groups (broad SMARTS) is 1. The maximum absolute atomic E-state index is 13.6. The van der Waals surface area contributed by atoms with E-state index in [0.29, 0.717) is 6.54 Å². The quantitative estimate of drug-likeness (QED) is 0.889. The average molecular weight is 265 g/mol. The van der Waals surface area contributed by atoms with Crippen molar-refractivity contribution >= 4 is 23.0 Å². The maximum atomic E-state index is 13.6. The van der Waals surface area contributed by atoms with E-state index in [0.717, 1.165) is 10.4 Å². The summed E-state index contributed by atoms with van der Waals surface area (Å²) in [6.45, 7) is 2.39. The minimum absolute atomic E-state index is 0.0396. The molecule has 0 saturated heterocycles. The van der Waals surface area contributed by atoms with Crippen LogP contribution in [0.4, 0.5) is 10.1 Å². The number of thiophene rings is 1. The Kier molecular flexibility index (Phi) is 3.62. The fourth-order valence-corrected chi connectivity index (χ4v) is 2.48. The van der Waals surface area contributed by atoms with Crippen molar-refractivity contribution in [2.45, 2.75) is 13.5 Å². The maximum Gasteiger partial charge on any atom is 0.337 e. The van der Waals surface area contributed by atoms with Crippen LogP contribution in [0.3, 0.4) is 0 Å². The zero-order chi connectivity index (χ0) is 13.1. The number of anilines is 1. The number of carbonyl (C=O) groups is 1. The summed E-state index contributed by atoms with van der Waals surface area (Å²) >= 11 is 1.56. The molecule has 2 rings (SSSR count). The molecule has 0 spiro atoms. The highest BCUT2D eigenvalue weighted by Crippen LogP contribution is 2.23. The lowest BCUT2D eigenvalue weighted by Crippen LogP contribution is -2.08. The molecule has 1 aromatic carbocycles. The van der Waals surface area contributed by atoms with Crippen LogP contribution in [0.2, 0.25) is 0 Å². The standard InChI is InChI=1S/C13H12FNO2S/c1-8-5-6-18-11(8)7-15-12-9(13(16)17)3-2-4-10(12)14/h2-6,15H,7H2,1H3,(H,16,17). The molecule has 1 heterocycles. The van der Waals surface area contributed by atoms with Crippen LogP contribution in [0.5, 0.6) is 0 Å². The minimum Gasteiger partial charge on any atom is -0.478 e. The third kappa shape index (κ3) is 2.51. The van der Waals surface area contributed by atoms with Gasteiger partial charge in [0.2, 0.25) is 0 Å². The van der Waals surface area contributed by atoms with E-state index in [1.54, 1.807) is 11.3 Å². The zero-order valence-corrected chi connectivity index (χ0v) is 10.6. The largest absolute Gasteiger partial charge is 0.478 e. The van der Waals surface area contributed by atoms with Crippen molar-refractivity contribution < 1.29 is 14.3 Å². The van der Waals surface area contributed by atoms with Gasteiger partial charge in [-0.1, -0.05) is 6.07 Å². The Morgan fingerprint density at radius 2 is 2.22 bits per heavy atom. The molecular formula is C13H12FNO2S. The van der Waals surface area contributed by atoms with Crippen LogP contribution in [0, 0.1) is 12.7 Å². The van der Waals surface area contributed by atoms with E-state index in [-0.39, 0.29) is 11.3 Å². The fourth-order valence-electron chi connectivity index (χ4n) is 1.64. The summed E-state index contributed by atoms with van der Waals surface area (Å²) in [6.07, 6.45) is 0. The Balaban J connectivity index is 2.24. The summed E-state index contributed by atoms with van der Waals surface area (Å²) in [5, 5.41) is 13.8. The first kappa shape index (κ1) is 12.6. The second kappa shape index (κ2) is 5.18. The van der Waals surface area contributed by atoms with Gasteiger partial charge in [0, 0.05) is 11.4 Å². The Bertz CT molecular complexity index is 580. The summed E-state index contributed by atoms with van der Waals surface area (Å²) in [6, 6.07) is 5.99. The monoisotopic (exact) mass is 265 g/mol. The highest BCUT2D eigenvalue weighted by Gasteiger charge is 2.14. The molecule has 0 aliphatic heterocycles. The minimum atomic E-state index is -1.14. The molecule has 1 aromatic heterocycles. The Hall–Kier alpha value is -1.88. The van der Waals surface area contributed by atoms with Crippen LogP contribution < -0.4 is 5.32 Å². The van der Waals surface area contributed by atoms with Gasteiger partial charge < -0.3 is 10.4 Å². The summed E-state index contributed by atoms with van der Waals surface area (Å²) in [4.78, 5) is 12.1. The molecule has 0 aliphatic carbocycles. The van der Waals surface area contributed by atoms with Crippen LogP contribution in [0.25, 0.3) is 0 Å². The normalized spacial score (nSPS) is 10.3. The van der Waals surface area contributed by atoms with Gasteiger partial charge in [0.15, 0.2) is 0 Å². The number of hydrogen-bond donors (Lipinski definition) is 2. The summed E-state index contributed by atoms with van der Waals surface area (Å²) in [5.74, 6) is -1.69. The van der Waals surface area contributed by atoms with Crippen LogP contribution in [0.15, 0.2) is 29.6 Å². The van der Waals surface area contributed by atoms with Crippen LogP contribution in [0.1, 0.15) is 20.8 Å². The summed E-state index contributed by atoms with van der Waals surface area (Å²) < 4.78 is 13.6. The van der Waals surface area contributed by atoms with Gasteiger partial charge in [-0.15, -0.1) is 11.3 Å². The molecular weight excluding hydrogens is 253 g/mol. The highest BCUT2D eigenvalue weighted by molar-refractivity contribution is 7.10. The number of rotatable bonds is 4.